The van der Waals surface area contributed by atoms with E-state index in [4.69, 9.17) is 5.73 Å². The topological polar surface area (TPSA) is 87.4 Å². The summed E-state index contributed by atoms with van der Waals surface area (Å²) in [6.07, 6.45) is 4.73. The summed E-state index contributed by atoms with van der Waals surface area (Å²) in [5.41, 5.74) is 6.49. The van der Waals surface area contributed by atoms with Gasteiger partial charge >= 0.3 is 0 Å². The molecule has 4 rings (SSSR count). The van der Waals surface area contributed by atoms with E-state index in [-0.39, 0.29) is 18.1 Å². The van der Waals surface area contributed by atoms with Crippen molar-refractivity contribution >= 4 is 17.1 Å². The number of nitrogens with zero attached hydrogens (tertiary/aromatic N) is 6. The van der Waals surface area contributed by atoms with Gasteiger partial charge in [-0.05, 0) is 18.2 Å². The first-order chi connectivity index (χ1) is 11.6. The van der Waals surface area contributed by atoms with Crippen LogP contribution >= 0.6 is 0 Å². The van der Waals surface area contributed by atoms with Crippen LogP contribution in [0.1, 0.15) is 5.56 Å². The minimum absolute atomic E-state index is 0.0174. The Labute approximate surface area is 134 Å². The van der Waals surface area contributed by atoms with Crippen molar-refractivity contribution in [2.45, 2.75) is 6.54 Å². The fraction of sp³-hybridized carbons (Fsp3) is 0.0667. The quantitative estimate of drug-likeness (QED) is 0.621. The zero-order valence-corrected chi connectivity index (χ0v) is 12.3. The number of nitrogens with two attached hydrogens (primary N) is 1. The Balaban J connectivity index is 1.87. The molecule has 7 nitrogen and oxygen atoms in total. The molecule has 0 saturated heterocycles. The Morgan fingerprint density at radius 1 is 1.08 bits per heavy atom. The molecule has 0 aliphatic carbocycles. The molecule has 0 aliphatic rings. The highest BCUT2D eigenvalue weighted by atomic mass is 19.1. The number of hydrogen-bond acceptors (Lipinski definition) is 5. The van der Waals surface area contributed by atoms with Gasteiger partial charge in [-0.3, -0.25) is 0 Å². The molecule has 1 aromatic carbocycles. The summed E-state index contributed by atoms with van der Waals surface area (Å²) in [6, 6.07) is 5.46. The van der Waals surface area contributed by atoms with Crippen LogP contribution in [0.25, 0.3) is 17.0 Å². The first-order valence-electron chi connectivity index (χ1n) is 7.05. The number of rotatable bonds is 3. The zero-order chi connectivity index (χ0) is 16.7. The number of anilines is 1. The lowest BCUT2D eigenvalue weighted by Gasteiger charge is -2.08. The highest BCUT2D eigenvalue weighted by molar-refractivity contribution is 5.79. The second kappa shape index (κ2) is 5.37. The predicted molar refractivity (Wildman–Crippen MR) is 82.3 cm³/mol. The van der Waals surface area contributed by atoms with Gasteiger partial charge in [0.05, 0.1) is 12.9 Å². The third-order valence-corrected chi connectivity index (χ3v) is 3.57. The van der Waals surface area contributed by atoms with Crippen molar-refractivity contribution in [1.82, 2.24) is 29.3 Å². The fourth-order valence-electron chi connectivity index (χ4n) is 2.47. The maximum Gasteiger partial charge on any atom is 0.224 e. The van der Waals surface area contributed by atoms with Crippen LogP contribution in [0.5, 0.6) is 0 Å². The average molecular weight is 327 g/mol. The number of nitrogen functional groups attached to an aromatic ring is 1. The van der Waals surface area contributed by atoms with Crippen LogP contribution in [0, 0.1) is 11.6 Å². The molecular weight excluding hydrogens is 316 g/mol. The van der Waals surface area contributed by atoms with Crippen molar-refractivity contribution in [3.8, 4) is 5.82 Å². The third-order valence-electron chi connectivity index (χ3n) is 3.57. The van der Waals surface area contributed by atoms with Gasteiger partial charge in [-0.1, -0.05) is 6.07 Å². The van der Waals surface area contributed by atoms with Crippen molar-refractivity contribution < 1.29 is 8.78 Å². The summed E-state index contributed by atoms with van der Waals surface area (Å²) in [6.45, 7) is -0.0655. The standard InChI is InChI=1S/C15H11F2N7/c16-10-3-1-4-11(17)9(10)7-23-8-19-12-13(23)21-15(18)22-14(12)24-6-2-5-20-24/h1-6,8H,7H2,(H2,18,21,22). The molecule has 3 aromatic heterocycles. The van der Waals surface area contributed by atoms with E-state index in [9.17, 15) is 8.78 Å². The third kappa shape index (κ3) is 2.26. The Bertz CT molecular complexity index is 1000. The van der Waals surface area contributed by atoms with Crippen LogP contribution in [0.15, 0.2) is 43.0 Å². The van der Waals surface area contributed by atoms with E-state index in [1.54, 1.807) is 18.5 Å². The summed E-state index contributed by atoms with van der Waals surface area (Å²) >= 11 is 0. The minimum Gasteiger partial charge on any atom is -0.368 e. The second-order valence-corrected chi connectivity index (χ2v) is 5.10. The largest absolute Gasteiger partial charge is 0.368 e. The Morgan fingerprint density at radius 2 is 1.88 bits per heavy atom. The number of fused-ring (bicyclic) bond motifs is 1. The van der Waals surface area contributed by atoms with E-state index in [1.165, 1.54) is 33.8 Å². The van der Waals surface area contributed by atoms with E-state index in [2.05, 4.69) is 20.1 Å². The van der Waals surface area contributed by atoms with E-state index >= 15 is 0 Å². The van der Waals surface area contributed by atoms with Gasteiger partial charge in [0.1, 0.15) is 11.6 Å². The number of imidazole rings is 1. The summed E-state index contributed by atoms with van der Waals surface area (Å²) in [4.78, 5) is 12.5. The fourth-order valence-corrected chi connectivity index (χ4v) is 2.47. The van der Waals surface area contributed by atoms with E-state index in [0.717, 1.165) is 0 Å². The molecule has 9 heteroatoms. The molecule has 0 saturated carbocycles. The molecule has 0 aliphatic heterocycles. The van der Waals surface area contributed by atoms with Gasteiger partial charge in [0.25, 0.3) is 0 Å². The molecule has 24 heavy (non-hydrogen) atoms. The van der Waals surface area contributed by atoms with Gasteiger partial charge in [-0.2, -0.15) is 15.1 Å². The van der Waals surface area contributed by atoms with Gasteiger partial charge in [0.2, 0.25) is 5.95 Å². The normalized spacial score (nSPS) is 11.2. The van der Waals surface area contributed by atoms with Crippen LogP contribution in [-0.2, 0) is 6.54 Å². The van der Waals surface area contributed by atoms with Crippen molar-refractivity contribution in [1.29, 1.82) is 0 Å². The number of benzene rings is 1. The first kappa shape index (κ1) is 14.2. The lowest BCUT2D eigenvalue weighted by atomic mass is 10.2. The molecule has 2 N–H and O–H groups in total. The Morgan fingerprint density at radius 3 is 2.58 bits per heavy atom. The number of aromatic nitrogens is 6. The summed E-state index contributed by atoms with van der Waals surface area (Å²) in [5.74, 6) is -0.851. The number of halogens is 2. The molecule has 0 fully saturated rings. The Hall–Kier alpha value is -3.36. The van der Waals surface area contributed by atoms with Crippen molar-refractivity contribution in [3.05, 3.63) is 60.2 Å². The molecule has 4 aromatic rings. The SMILES string of the molecule is Nc1nc(-n2cccn2)c2ncn(Cc3c(F)cccc3F)c2n1. The molecular formula is C15H11F2N7. The zero-order valence-electron chi connectivity index (χ0n) is 12.3. The maximum atomic E-state index is 13.9. The minimum atomic E-state index is -0.633. The van der Waals surface area contributed by atoms with E-state index in [0.29, 0.717) is 17.0 Å². The molecule has 3 heterocycles. The molecule has 0 atom stereocenters. The van der Waals surface area contributed by atoms with Crippen LogP contribution < -0.4 is 5.73 Å². The van der Waals surface area contributed by atoms with Gasteiger partial charge in [-0.25, -0.2) is 18.4 Å². The van der Waals surface area contributed by atoms with E-state index in [1.807, 2.05) is 0 Å². The van der Waals surface area contributed by atoms with Crippen LogP contribution in [0.3, 0.4) is 0 Å². The highest BCUT2D eigenvalue weighted by Gasteiger charge is 2.16. The summed E-state index contributed by atoms with van der Waals surface area (Å²) in [5, 5.41) is 4.10. The average Bonchev–Trinajstić information content (AvgIpc) is 3.20. The number of hydrogen-bond donors (Lipinski definition) is 1. The molecule has 0 amide bonds. The molecule has 0 bridgehead atoms. The summed E-state index contributed by atoms with van der Waals surface area (Å²) < 4.78 is 30.8. The highest BCUT2D eigenvalue weighted by Crippen LogP contribution is 2.21. The van der Waals surface area contributed by atoms with Gasteiger partial charge in [0, 0.05) is 18.0 Å². The molecule has 0 unspecified atom stereocenters. The van der Waals surface area contributed by atoms with E-state index < -0.39 is 11.6 Å². The Kier molecular flexibility index (Phi) is 3.19. The predicted octanol–water partition coefficient (Wildman–Crippen LogP) is 1.92. The lowest BCUT2D eigenvalue weighted by molar-refractivity contribution is 0.546. The second-order valence-electron chi connectivity index (χ2n) is 5.10. The molecule has 120 valence electrons. The summed E-state index contributed by atoms with van der Waals surface area (Å²) in [7, 11) is 0. The maximum absolute atomic E-state index is 13.9. The van der Waals surface area contributed by atoms with Crippen LogP contribution in [-0.4, -0.2) is 29.3 Å². The molecule has 0 radical (unpaired) electrons. The van der Waals surface area contributed by atoms with Crippen molar-refractivity contribution in [2.75, 3.05) is 5.73 Å². The monoisotopic (exact) mass is 327 g/mol. The van der Waals surface area contributed by atoms with Crippen molar-refractivity contribution in [2.24, 2.45) is 0 Å². The van der Waals surface area contributed by atoms with Crippen LogP contribution in [0.4, 0.5) is 14.7 Å². The lowest BCUT2D eigenvalue weighted by Crippen LogP contribution is -2.08. The van der Waals surface area contributed by atoms with Gasteiger partial charge < -0.3 is 10.3 Å². The smallest absolute Gasteiger partial charge is 0.224 e. The van der Waals surface area contributed by atoms with Crippen LogP contribution in [0.2, 0.25) is 0 Å². The van der Waals surface area contributed by atoms with Gasteiger partial charge in [-0.15, -0.1) is 0 Å². The van der Waals surface area contributed by atoms with Crippen molar-refractivity contribution in [3.63, 3.8) is 0 Å². The molecule has 0 spiro atoms. The van der Waals surface area contributed by atoms with Gasteiger partial charge in [0.15, 0.2) is 17.0 Å². The first-order valence-corrected chi connectivity index (χ1v) is 7.05.